The molecule has 0 atom stereocenters. The summed E-state index contributed by atoms with van der Waals surface area (Å²) in [7, 11) is 1.65. The zero-order valence-electron chi connectivity index (χ0n) is 17.4. The summed E-state index contributed by atoms with van der Waals surface area (Å²) in [5, 5.41) is 0.0259. The Morgan fingerprint density at radius 3 is 2.32 bits per heavy atom. The molecule has 1 saturated carbocycles. The lowest BCUT2D eigenvalue weighted by Gasteiger charge is -2.28. The van der Waals surface area contributed by atoms with Gasteiger partial charge in [0.2, 0.25) is 0 Å². The fraction of sp³-hybridized carbons (Fsp3) is 0.417. The number of carbonyl (C=O) groups is 2. The second kappa shape index (κ2) is 11.1. The number of carbonyl (C=O) groups excluding carboxylic acids is 2. The molecular weight excluding hydrogens is 423 g/mol. The van der Waals surface area contributed by atoms with Crippen LogP contribution in [0.15, 0.2) is 42.5 Å². The molecule has 2 aromatic carbocycles. The van der Waals surface area contributed by atoms with Gasteiger partial charge in [-0.15, -0.1) is 0 Å². The molecule has 0 heterocycles. The maximum absolute atomic E-state index is 13.7. The molecule has 0 aromatic heterocycles. The van der Waals surface area contributed by atoms with Crippen molar-refractivity contribution in [1.29, 1.82) is 0 Å². The molecule has 0 saturated heterocycles. The lowest BCUT2D eigenvalue weighted by Crippen LogP contribution is -2.24. The first-order valence-corrected chi connectivity index (χ1v) is 10.8. The highest BCUT2D eigenvalue weighted by atomic mass is 35.5. The molecule has 7 heteroatoms. The third kappa shape index (κ3) is 6.69. The van der Waals surface area contributed by atoms with Crippen molar-refractivity contribution in [3.63, 3.8) is 0 Å². The second-order valence-electron chi connectivity index (χ2n) is 7.62. The van der Waals surface area contributed by atoms with Crippen LogP contribution in [-0.4, -0.2) is 25.2 Å². The number of benzene rings is 2. The van der Waals surface area contributed by atoms with E-state index in [0.717, 1.165) is 37.5 Å². The van der Waals surface area contributed by atoms with Gasteiger partial charge < -0.3 is 14.2 Å². The summed E-state index contributed by atoms with van der Waals surface area (Å²) < 4.78 is 29.4. The van der Waals surface area contributed by atoms with E-state index in [4.69, 9.17) is 25.8 Å². The number of para-hydroxylation sites is 1. The molecule has 0 bridgehead atoms. The van der Waals surface area contributed by atoms with E-state index in [2.05, 4.69) is 12.1 Å². The molecule has 1 aliphatic rings. The number of ether oxygens (including phenoxy) is 3. The minimum absolute atomic E-state index is 0.0238. The van der Waals surface area contributed by atoms with E-state index < -0.39 is 11.8 Å². The molecule has 166 valence electrons. The van der Waals surface area contributed by atoms with Gasteiger partial charge in [-0.1, -0.05) is 29.8 Å². The predicted octanol–water partition coefficient (Wildman–Crippen LogP) is 5.83. The highest BCUT2D eigenvalue weighted by Crippen LogP contribution is 2.35. The Morgan fingerprint density at radius 2 is 1.68 bits per heavy atom. The summed E-state index contributed by atoms with van der Waals surface area (Å²) in [6.07, 6.45) is 3.81. The van der Waals surface area contributed by atoms with Crippen molar-refractivity contribution in [2.24, 2.45) is 0 Å². The minimum Gasteiger partial charge on any atom is -0.497 e. The maximum atomic E-state index is 13.7. The van der Waals surface area contributed by atoms with Gasteiger partial charge in [0.1, 0.15) is 11.9 Å². The molecule has 5 nitrogen and oxygen atoms in total. The zero-order chi connectivity index (χ0) is 22.2. The Labute approximate surface area is 186 Å². The number of hydrogen-bond donors (Lipinski definition) is 0. The van der Waals surface area contributed by atoms with Crippen molar-refractivity contribution in [2.75, 3.05) is 7.11 Å². The van der Waals surface area contributed by atoms with Crippen LogP contribution >= 0.6 is 11.6 Å². The normalized spacial score (nSPS) is 18.3. The van der Waals surface area contributed by atoms with Crippen LogP contribution in [0, 0.1) is 5.82 Å². The van der Waals surface area contributed by atoms with Crippen LogP contribution in [-0.2, 0) is 14.3 Å². The van der Waals surface area contributed by atoms with Gasteiger partial charge in [-0.3, -0.25) is 9.59 Å². The van der Waals surface area contributed by atoms with Crippen LogP contribution in [0.1, 0.15) is 56.4 Å². The number of halogens is 2. The Bertz CT molecular complexity index is 871. The van der Waals surface area contributed by atoms with Crippen molar-refractivity contribution in [3.8, 4) is 11.5 Å². The minimum atomic E-state index is -0.703. The van der Waals surface area contributed by atoms with E-state index in [1.807, 2.05) is 12.1 Å². The first kappa shape index (κ1) is 23.1. The topological polar surface area (TPSA) is 61.8 Å². The van der Waals surface area contributed by atoms with Crippen LogP contribution in [0.5, 0.6) is 11.5 Å². The van der Waals surface area contributed by atoms with Gasteiger partial charge in [0, 0.05) is 12.8 Å². The SMILES string of the molecule is COc1ccc(C2CCC(OC(=O)CCCC(=O)Oc3c(F)cccc3Cl)CC2)cc1. The molecule has 1 fully saturated rings. The van der Waals surface area contributed by atoms with Gasteiger partial charge in [0.15, 0.2) is 11.6 Å². The Kier molecular flexibility index (Phi) is 8.29. The Hall–Kier alpha value is -2.60. The second-order valence-corrected chi connectivity index (χ2v) is 8.02. The molecule has 0 aliphatic heterocycles. The number of hydrogen-bond acceptors (Lipinski definition) is 5. The Morgan fingerprint density at radius 1 is 1.00 bits per heavy atom. The lowest BCUT2D eigenvalue weighted by molar-refractivity contribution is -0.150. The summed E-state index contributed by atoms with van der Waals surface area (Å²) >= 11 is 5.83. The van der Waals surface area contributed by atoms with E-state index >= 15 is 0 Å². The molecule has 0 spiro atoms. The lowest BCUT2D eigenvalue weighted by atomic mass is 9.83. The molecule has 2 aromatic rings. The van der Waals surface area contributed by atoms with Crippen molar-refractivity contribution in [3.05, 3.63) is 58.9 Å². The van der Waals surface area contributed by atoms with Crippen molar-refractivity contribution >= 4 is 23.5 Å². The largest absolute Gasteiger partial charge is 0.497 e. The molecule has 3 rings (SSSR count). The van der Waals surface area contributed by atoms with Crippen LogP contribution in [0.25, 0.3) is 0 Å². The van der Waals surface area contributed by atoms with Gasteiger partial charge >= 0.3 is 11.9 Å². The quantitative estimate of drug-likeness (QED) is 0.375. The number of methoxy groups -OCH3 is 1. The summed E-state index contributed by atoms with van der Waals surface area (Å²) in [4.78, 5) is 24.0. The smallest absolute Gasteiger partial charge is 0.311 e. The van der Waals surface area contributed by atoms with E-state index in [0.29, 0.717) is 5.92 Å². The summed E-state index contributed by atoms with van der Waals surface area (Å²) in [5.41, 5.74) is 1.28. The van der Waals surface area contributed by atoms with Crippen LogP contribution in [0.2, 0.25) is 5.02 Å². The van der Waals surface area contributed by atoms with Crippen molar-refractivity contribution in [1.82, 2.24) is 0 Å². The molecular formula is C24H26ClFO5. The molecule has 1 aliphatic carbocycles. The highest BCUT2D eigenvalue weighted by Gasteiger charge is 2.25. The fourth-order valence-electron chi connectivity index (χ4n) is 3.76. The molecule has 31 heavy (non-hydrogen) atoms. The third-order valence-corrected chi connectivity index (χ3v) is 5.75. The van der Waals surface area contributed by atoms with Gasteiger partial charge in [-0.25, -0.2) is 4.39 Å². The maximum Gasteiger partial charge on any atom is 0.311 e. The summed E-state index contributed by atoms with van der Waals surface area (Å²) in [6.45, 7) is 0. The third-order valence-electron chi connectivity index (χ3n) is 5.46. The van der Waals surface area contributed by atoms with E-state index in [9.17, 15) is 14.0 Å². The molecule has 0 N–H and O–H groups in total. The predicted molar refractivity (Wildman–Crippen MR) is 115 cm³/mol. The van der Waals surface area contributed by atoms with Crippen LogP contribution in [0.3, 0.4) is 0 Å². The highest BCUT2D eigenvalue weighted by molar-refractivity contribution is 6.32. The summed E-state index contributed by atoms with van der Waals surface area (Å²) in [6, 6.07) is 12.1. The average molecular weight is 449 g/mol. The number of rotatable bonds is 8. The van der Waals surface area contributed by atoms with Crippen LogP contribution in [0.4, 0.5) is 4.39 Å². The van der Waals surface area contributed by atoms with Gasteiger partial charge in [0.25, 0.3) is 0 Å². The monoisotopic (exact) mass is 448 g/mol. The number of esters is 2. The van der Waals surface area contributed by atoms with Crippen molar-refractivity contribution < 1.29 is 28.2 Å². The molecule has 0 unspecified atom stereocenters. The van der Waals surface area contributed by atoms with Crippen LogP contribution < -0.4 is 9.47 Å². The standard InChI is InChI=1S/C24H26ClFO5/c1-29-18-12-8-16(9-13-18)17-10-14-19(15-11-17)30-22(27)6-3-7-23(28)31-24-20(25)4-2-5-21(24)26/h2,4-5,8-9,12-13,17,19H,3,6-7,10-11,14-15H2,1H3. The van der Waals surface area contributed by atoms with E-state index in [1.165, 1.54) is 17.7 Å². The zero-order valence-corrected chi connectivity index (χ0v) is 18.2. The van der Waals surface area contributed by atoms with Gasteiger partial charge in [0.05, 0.1) is 12.1 Å². The Balaban J connectivity index is 1.35. The van der Waals surface area contributed by atoms with E-state index in [1.54, 1.807) is 7.11 Å². The molecule has 0 amide bonds. The summed E-state index contributed by atoms with van der Waals surface area (Å²) in [5.74, 6) is -0.659. The fourth-order valence-corrected chi connectivity index (χ4v) is 3.96. The van der Waals surface area contributed by atoms with Gasteiger partial charge in [-0.2, -0.15) is 0 Å². The van der Waals surface area contributed by atoms with Gasteiger partial charge in [-0.05, 0) is 67.9 Å². The first-order valence-electron chi connectivity index (χ1n) is 10.4. The average Bonchev–Trinajstić information content (AvgIpc) is 2.77. The van der Waals surface area contributed by atoms with Crippen molar-refractivity contribution in [2.45, 2.75) is 57.0 Å². The molecule has 0 radical (unpaired) electrons. The first-order chi connectivity index (χ1) is 15.0. The van der Waals surface area contributed by atoms with E-state index in [-0.39, 0.29) is 42.1 Å².